The van der Waals surface area contributed by atoms with Gasteiger partial charge >= 0.3 is 0 Å². The van der Waals surface area contributed by atoms with Crippen molar-refractivity contribution in [1.82, 2.24) is 0 Å². The Kier molecular flexibility index (Phi) is 7.81. The fraction of sp³-hybridized carbons (Fsp3) is 0.750. The smallest absolute Gasteiger partial charge is 0.116 e. The molecule has 17 heavy (non-hydrogen) atoms. The molecule has 98 valence electrons. The Morgan fingerprint density at radius 3 is 2.35 bits per heavy atom. The highest BCUT2D eigenvalue weighted by Gasteiger charge is 2.04. The summed E-state index contributed by atoms with van der Waals surface area (Å²) in [6, 6.07) is 0. The maximum Gasteiger partial charge on any atom is 0.116 e. The molecule has 0 fully saturated rings. The molecule has 1 aliphatic rings. The minimum atomic E-state index is 0.0294. The van der Waals surface area contributed by atoms with Crippen LogP contribution >= 0.6 is 0 Å². The molecule has 0 aromatic rings. The highest BCUT2D eigenvalue weighted by molar-refractivity contribution is 5.07. The Balaban J connectivity index is 1.92. The summed E-state index contributed by atoms with van der Waals surface area (Å²) in [6.45, 7) is 2.25. The van der Waals surface area contributed by atoms with Crippen LogP contribution in [0.3, 0.4) is 0 Å². The molecule has 0 aromatic heterocycles. The molecule has 1 rings (SSSR count). The third-order valence-corrected chi connectivity index (χ3v) is 3.18. The summed E-state index contributed by atoms with van der Waals surface area (Å²) in [5.41, 5.74) is 0. The largest absolute Gasteiger partial charge is 0.494 e. The third-order valence-electron chi connectivity index (χ3n) is 3.18. The van der Waals surface area contributed by atoms with Gasteiger partial charge in [-0.15, -0.1) is 0 Å². The van der Waals surface area contributed by atoms with Crippen LogP contribution in [0.15, 0.2) is 24.5 Å². The van der Waals surface area contributed by atoms with E-state index < -0.39 is 0 Å². The van der Waals surface area contributed by atoms with Crippen molar-refractivity contribution in [2.75, 3.05) is 0 Å². The zero-order chi connectivity index (χ0) is 13.1. The second-order valence-electron chi connectivity index (χ2n) is 4.82. The summed E-state index contributed by atoms with van der Waals surface area (Å²) >= 11 is 0. The van der Waals surface area contributed by atoms with Crippen LogP contribution in [0.1, 0.15) is 72.5 Å². The minimum Gasteiger partial charge on any atom is -0.494 e. The second kappa shape index (κ2) is 10.4. The SMILES string of the molecule is [2H]C(CCCCCCCCC)CC1C=CC=CO1. The van der Waals surface area contributed by atoms with E-state index in [1.54, 1.807) is 6.26 Å². The first-order valence-corrected chi connectivity index (χ1v) is 7.24. The van der Waals surface area contributed by atoms with Gasteiger partial charge in [-0.1, -0.05) is 64.4 Å². The fourth-order valence-corrected chi connectivity index (χ4v) is 2.09. The summed E-state index contributed by atoms with van der Waals surface area (Å²) in [5, 5.41) is 0. The molecular weight excluding hydrogens is 208 g/mol. The molecule has 0 N–H and O–H groups in total. The van der Waals surface area contributed by atoms with Crippen molar-refractivity contribution in [2.24, 2.45) is 0 Å². The minimum absolute atomic E-state index is 0.0294. The Labute approximate surface area is 108 Å². The zero-order valence-electron chi connectivity index (χ0n) is 12.2. The first kappa shape index (κ1) is 12.7. The van der Waals surface area contributed by atoms with Crippen LogP contribution in [-0.2, 0) is 4.74 Å². The van der Waals surface area contributed by atoms with Gasteiger partial charge in [-0.3, -0.25) is 0 Å². The number of ether oxygens (including phenoxy) is 1. The summed E-state index contributed by atoms with van der Waals surface area (Å²) in [4.78, 5) is 0. The van der Waals surface area contributed by atoms with Gasteiger partial charge in [0, 0.05) is 1.37 Å². The van der Waals surface area contributed by atoms with Crippen molar-refractivity contribution in [1.29, 1.82) is 0 Å². The van der Waals surface area contributed by atoms with Gasteiger partial charge in [-0.25, -0.2) is 0 Å². The number of unbranched alkanes of at least 4 members (excludes halogenated alkanes) is 6. The zero-order valence-corrected chi connectivity index (χ0v) is 11.2. The van der Waals surface area contributed by atoms with Crippen molar-refractivity contribution >= 4 is 0 Å². The first-order valence-electron chi connectivity index (χ1n) is 7.81. The van der Waals surface area contributed by atoms with E-state index in [9.17, 15) is 0 Å². The van der Waals surface area contributed by atoms with Crippen LogP contribution in [0, 0.1) is 0 Å². The lowest BCUT2D eigenvalue weighted by atomic mass is 10.0. The normalized spacial score (nSPS) is 21.0. The maximum absolute atomic E-state index is 8.02. The van der Waals surface area contributed by atoms with E-state index in [0.29, 0.717) is 0 Å². The van der Waals surface area contributed by atoms with E-state index >= 15 is 0 Å². The molecule has 0 saturated carbocycles. The molecule has 1 heterocycles. The van der Waals surface area contributed by atoms with E-state index in [1.807, 2.05) is 18.2 Å². The van der Waals surface area contributed by atoms with E-state index in [1.165, 1.54) is 44.9 Å². The van der Waals surface area contributed by atoms with Crippen molar-refractivity contribution in [2.45, 2.75) is 77.2 Å². The third kappa shape index (κ3) is 8.06. The molecule has 1 nitrogen and oxygen atoms in total. The van der Waals surface area contributed by atoms with Gasteiger partial charge in [0.2, 0.25) is 0 Å². The highest BCUT2D eigenvalue weighted by atomic mass is 16.5. The van der Waals surface area contributed by atoms with Gasteiger partial charge in [0.05, 0.1) is 6.26 Å². The van der Waals surface area contributed by atoms with Crippen LogP contribution in [0.25, 0.3) is 0 Å². The lowest BCUT2D eigenvalue weighted by molar-refractivity contribution is 0.170. The van der Waals surface area contributed by atoms with Crippen LogP contribution in [-0.4, -0.2) is 6.10 Å². The molecule has 1 heteroatoms. The highest BCUT2D eigenvalue weighted by Crippen LogP contribution is 2.14. The molecule has 0 saturated heterocycles. The van der Waals surface area contributed by atoms with Crippen molar-refractivity contribution < 1.29 is 6.11 Å². The maximum atomic E-state index is 8.02. The summed E-state index contributed by atoms with van der Waals surface area (Å²) in [5.74, 6) is 0. The second-order valence-corrected chi connectivity index (χ2v) is 4.82. The van der Waals surface area contributed by atoms with Gasteiger partial charge in [0.15, 0.2) is 0 Å². The summed E-state index contributed by atoms with van der Waals surface area (Å²) in [7, 11) is 0. The Morgan fingerprint density at radius 2 is 1.71 bits per heavy atom. The van der Waals surface area contributed by atoms with E-state index in [2.05, 4.69) is 6.92 Å². The fourth-order valence-electron chi connectivity index (χ4n) is 2.09. The van der Waals surface area contributed by atoms with Gasteiger partial charge in [0.25, 0.3) is 0 Å². The number of hydrogen-bond donors (Lipinski definition) is 0. The van der Waals surface area contributed by atoms with Crippen LogP contribution in [0.4, 0.5) is 0 Å². The molecule has 0 bridgehead atoms. The molecule has 0 aromatic carbocycles. The van der Waals surface area contributed by atoms with Gasteiger partial charge in [-0.05, 0) is 25.0 Å². The average molecular weight is 237 g/mol. The average Bonchev–Trinajstić information content (AvgIpc) is 2.39. The Hall–Kier alpha value is -0.720. The van der Waals surface area contributed by atoms with Crippen molar-refractivity contribution in [3.05, 3.63) is 24.5 Å². The Morgan fingerprint density at radius 1 is 1.00 bits per heavy atom. The summed E-state index contributed by atoms with van der Waals surface area (Å²) < 4.78 is 13.4. The van der Waals surface area contributed by atoms with E-state index in [4.69, 9.17) is 6.11 Å². The molecule has 0 radical (unpaired) electrons. The molecular formula is C16H28O. The number of rotatable bonds is 10. The van der Waals surface area contributed by atoms with Crippen molar-refractivity contribution in [3.8, 4) is 0 Å². The Bertz CT molecular complexity index is 247. The van der Waals surface area contributed by atoms with Crippen molar-refractivity contribution in [3.63, 3.8) is 0 Å². The topological polar surface area (TPSA) is 9.23 Å². The quantitative estimate of drug-likeness (QED) is 0.464. The molecule has 0 aliphatic carbocycles. The van der Waals surface area contributed by atoms with Gasteiger partial charge in [0.1, 0.15) is 6.10 Å². The predicted octanol–water partition coefficient (Wildman–Crippen LogP) is 5.38. The molecule has 0 amide bonds. The summed E-state index contributed by atoms with van der Waals surface area (Å²) in [6.07, 6.45) is 19.0. The molecule has 2 atom stereocenters. The predicted molar refractivity (Wildman–Crippen MR) is 75.0 cm³/mol. The standard InChI is InChI=1S/C16H28O/c1-2-3-4-5-6-7-8-9-10-13-16-14-11-12-15-17-16/h11-12,14-16H,2-10,13H2,1H3/i10D. The van der Waals surface area contributed by atoms with Gasteiger partial charge < -0.3 is 4.74 Å². The lowest BCUT2D eigenvalue weighted by Gasteiger charge is -2.14. The molecule has 0 spiro atoms. The number of allylic oxidation sites excluding steroid dienone is 2. The van der Waals surface area contributed by atoms with Crippen LogP contribution in [0.2, 0.25) is 0 Å². The lowest BCUT2D eigenvalue weighted by Crippen LogP contribution is -2.07. The van der Waals surface area contributed by atoms with Gasteiger partial charge in [-0.2, -0.15) is 0 Å². The first-order chi connectivity index (χ1) is 8.83. The van der Waals surface area contributed by atoms with Crippen LogP contribution < -0.4 is 0 Å². The number of hydrogen-bond acceptors (Lipinski definition) is 1. The monoisotopic (exact) mass is 237 g/mol. The molecule has 1 aliphatic heterocycles. The van der Waals surface area contributed by atoms with E-state index in [-0.39, 0.29) is 12.5 Å². The van der Waals surface area contributed by atoms with Crippen LogP contribution in [0.5, 0.6) is 0 Å². The molecule has 2 unspecified atom stereocenters. The van der Waals surface area contributed by atoms with E-state index in [0.717, 1.165) is 12.8 Å².